The number of aromatic nitrogens is 1. The van der Waals surface area contributed by atoms with E-state index in [1.54, 1.807) is 0 Å². The minimum Gasteiger partial charge on any atom is -0.506 e. The van der Waals surface area contributed by atoms with Gasteiger partial charge in [0.05, 0.1) is 22.3 Å². The van der Waals surface area contributed by atoms with Crippen LogP contribution in [0.25, 0.3) is 27.7 Å². The predicted molar refractivity (Wildman–Crippen MR) is 146 cm³/mol. The number of carbonyl (C=O) groups excluding carboxylic acids is 1. The van der Waals surface area contributed by atoms with Gasteiger partial charge in [-0.25, -0.2) is 0 Å². The number of benzene rings is 3. The summed E-state index contributed by atoms with van der Waals surface area (Å²) in [4.78, 5) is 13.7. The molecule has 4 aromatic rings. The number of aliphatic hydroxyl groups excluding tert-OH is 1. The van der Waals surface area contributed by atoms with Gasteiger partial charge in [0.1, 0.15) is 12.8 Å². The first-order chi connectivity index (χ1) is 17.4. The third-order valence-electron chi connectivity index (χ3n) is 8.14. The van der Waals surface area contributed by atoms with Crippen molar-refractivity contribution in [3.8, 4) is 11.3 Å². The molecule has 4 heteroatoms. The van der Waals surface area contributed by atoms with Crippen molar-refractivity contribution in [1.29, 1.82) is 0 Å². The van der Waals surface area contributed by atoms with Gasteiger partial charge in [0.2, 0.25) is 11.5 Å². The highest BCUT2D eigenvalue weighted by Gasteiger charge is 2.47. The Balaban J connectivity index is 1.55. The van der Waals surface area contributed by atoms with Crippen LogP contribution in [0.2, 0.25) is 0 Å². The first-order valence-electron chi connectivity index (χ1n) is 12.4. The molecule has 6 rings (SSSR count). The standard InChI is InChI=1S/C32H28N2O2/c1-5-32(2)23-16-10-12-18-25(23)33(3)26(32)19-22-30(35)28(31(22)36)27-21-15-9-11-17-24(21)34(4)29(27)20-13-7-6-8-14-20/h6-19H,5H2,1-4H3/p+1. The van der Waals surface area contributed by atoms with Gasteiger partial charge >= 0.3 is 0 Å². The van der Waals surface area contributed by atoms with Crippen molar-refractivity contribution in [2.75, 3.05) is 7.05 Å². The second-order valence-electron chi connectivity index (χ2n) is 9.92. The molecule has 178 valence electrons. The number of carbonyl (C=O) groups is 1. The predicted octanol–water partition coefficient (Wildman–Crippen LogP) is 6.72. The van der Waals surface area contributed by atoms with Crippen LogP contribution >= 0.6 is 0 Å². The number of fused-ring (bicyclic) bond motifs is 2. The molecule has 2 heterocycles. The van der Waals surface area contributed by atoms with E-state index in [2.05, 4.69) is 47.3 Å². The molecule has 1 aliphatic heterocycles. The average Bonchev–Trinajstić information content (AvgIpc) is 3.32. The van der Waals surface area contributed by atoms with E-state index in [4.69, 9.17) is 0 Å². The molecule has 1 aromatic heterocycles. The second kappa shape index (κ2) is 7.92. The number of aliphatic hydroxyl groups is 1. The van der Waals surface area contributed by atoms with Gasteiger partial charge in [0, 0.05) is 41.2 Å². The molecule has 0 fully saturated rings. The quantitative estimate of drug-likeness (QED) is 0.264. The summed E-state index contributed by atoms with van der Waals surface area (Å²) in [5.41, 5.74) is 7.73. The zero-order valence-electron chi connectivity index (χ0n) is 21.0. The van der Waals surface area contributed by atoms with Gasteiger partial charge in [0.15, 0.2) is 5.71 Å². The minimum absolute atomic E-state index is 0.0730. The lowest BCUT2D eigenvalue weighted by molar-refractivity contribution is -0.401. The lowest BCUT2D eigenvalue weighted by Gasteiger charge is -2.25. The van der Waals surface area contributed by atoms with Crippen LogP contribution in [0.5, 0.6) is 0 Å². The topological polar surface area (TPSA) is 45.2 Å². The van der Waals surface area contributed by atoms with Gasteiger partial charge in [0.25, 0.3) is 0 Å². The van der Waals surface area contributed by atoms with Crippen molar-refractivity contribution >= 4 is 33.7 Å². The second-order valence-corrected chi connectivity index (χ2v) is 9.92. The highest BCUT2D eigenvalue weighted by atomic mass is 16.3. The molecular formula is C32H29N2O2+. The summed E-state index contributed by atoms with van der Waals surface area (Å²) in [6.07, 6.45) is 2.79. The Bertz CT molecular complexity index is 1670. The zero-order valence-corrected chi connectivity index (χ0v) is 21.0. The number of Topliss-reactive ketones (excluding diaryl/α,β-unsaturated/α-hetero) is 1. The Kier molecular flexibility index (Phi) is 4.91. The van der Waals surface area contributed by atoms with E-state index in [1.807, 2.05) is 74.8 Å². The average molecular weight is 474 g/mol. The maximum Gasteiger partial charge on any atom is 0.209 e. The number of aryl methyl sites for hydroxylation is 1. The summed E-state index contributed by atoms with van der Waals surface area (Å²) in [5, 5.41) is 12.3. The van der Waals surface area contributed by atoms with Gasteiger partial charge < -0.3 is 9.67 Å². The number of hydrogen-bond acceptors (Lipinski definition) is 2. The zero-order chi connectivity index (χ0) is 25.2. The fourth-order valence-corrected chi connectivity index (χ4v) is 6.00. The first kappa shape index (κ1) is 22.3. The normalized spacial score (nSPS) is 20.4. The van der Waals surface area contributed by atoms with Crippen LogP contribution in [-0.4, -0.2) is 32.8 Å². The van der Waals surface area contributed by atoms with E-state index in [0.29, 0.717) is 11.1 Å². The Morgan fingerprint density at radius 3 is 2.36 bits per heavy atom. The fraction of sp³-hybridized carbons (Fsp3) is 0.188. The SMILES string of the molecule is CCC1(C)C(/C=C2\C(=O)C(c3c(-c4ccccc4)n(C)c4ccccc34)=C2O)=[N+](C)c2ccccc21. The molecular weight excluding hydrogens is 444 g/mol. The summed E-state index contributed by atoms with van der Waals surface area (Å²) in [6.45, 7) is 4.38. The molecule has 1 atom stereocenters. The number of allylic oxidation sites excluding steroid dienone is 3. The first-order valence-corrected chi connectivity index (χ1v) is 12.4. The van der Waals surface area contributed by atoms with Crippen molar-refractivity contribution in [3.05, 3.63) is 107 Å². The Labute approximate surface area is 211 Å². The van der Waals surface area contributed by atoms with E-state index < -0.39 is 0 Å². The van der Waals surface area contributed by atoms with Crippen LogP contribution in [0.1, 0.15) is 31.4 Å². The van der Waals surface area contributed by atoms with Crippen LogP contribution < -0.4 is 0 Å². The number of rotatable bonds is 4. The number of para-hydroxylation sites is 2. The smallest absolute Gasteiger partial charge is 0.209 e. The van der Waals surface area contributed by atoms with Crippen LogP contribution in [0.4, 0.5) is 5.69 Å². The maximum atomic E-state index is 13.7. The van der Waals surface area contributed by atoms with E-state index >= 15 is 0 Å². The number of nitrogens with zero attached hydrogens (tertiary/aromatic N) is 2. The van der Waals surface area contributed by atoms with Gasteiger partial charge in [-0.3, -0.25) is 4.79 Å². The van der Waals surface area contributed by atoms with Crippen molar-refractivity contribution < 1.29 is 14.5 Å². The lowest BCUT2D eigenvalue weighted by Crippen LogP contribution is -2.32. The third-order valence-corrected chi connectivity index (χ3v) is 8.14. The molecule has 2 aliphatic rings. The summed E-state index contributed by atoms with van der Waals surface area (Å²) >= 11 is 0. The summed E-state index contributed by atoms with van der Waals surface area (Å²) in [7, 11) is 4.05. The van der Waals surface area contributed by atoms with Crippen molar-refractivity contribution in [1.82, 2.24) is 4.57 Å². The molecule has 3 aromatic carbocycles. The molecule has 1 N–H and O–H groups in total. The maximum absolute atomic E-state index is 13.7. The van der Waals surface area contributed by atoms with Crippen LogP contribution in [-0.2, 0) is 17.3 Å². The van der Waals surface area contributed by atoms with Crippen LogP contribution in [0.3, 0.4) is 0 Å². The fourth-order valence-electron chi connectivity index (χ4n) is 6.00. The van der Waals surface area contributed by atoms with Crippen molar-refractivity contribution in [2.24, 2.45) is 7.05 Å². The molecule has 0 radical (unpaired) electrons. The monoisotopic (exact) mass is 473 g/mol. The van der Waals surface area contributed by atoms with E-state index in [1.165, 1.54) is 5.56 Å². The Hall–Kier alpha value is -4.18. The number of ketones is 1. The Morgan fingerprint density at radius 2 is 1.64 bits per heavy atom. The van der Waals surface area contributed by atoms with Crippen molar-refractivity contribution in [3.63, 3.8) is 0 Å². The molecule has 0 saturated heterocycles. The summed E-state index contributed by atoms with van der Waals surface area (Å²) in [6, 6.07) is 26.5. The highest BCUT2D eigenvalue weighted by molar-refractivity contribution is 6.42. The molecule has 0 saturated carbocycles. The molecule has 4 nitrogen and oxygen atoms in total. The van der Waals surface area contributed by atoms with Gasteiger partial charge in [-0.1, -0.05) is 73.7 Å². The molecule has 0 amide bonds. The number of hydrogen-bond donors (Lipinski definition) is 1. The van der Waals surface area contributed by atoms with Crippen molar-refractivity contribution in [2.45, 2.75) is 25.7 Å². The van der Waals surface area contributed by atoms with Gasteiger partial charge in [-0.05, 0) is 25.0 Å². The largest absolute Gasteiger partial charge is 0.506 e. The van der Waals surface area contributed by atoms with Crippen LogP contribution in [0, 0.1) is 0 Å². The molecule has 1 unspecified atom stereocenters. The van der Waals surface area contributed by atoms with Gasteiger partial charge in [-0.15, -0.1) is 0 Å². The summed E-state index contributed by atoms with van der Waals surface area (Å²) < 4.78 is 4.26. The Morgan fingerprint density at radius 1 is 0.972 bits per heavy atom. The lowest BCUT2D eigenvalue weighted by atomic mass is 9.74. The third kappa shape index (κ3) is 2.87. The molecule has 36 heavy (non-hydrogen) atoms. The molecule has 1 aliphatic carbocycles. The van der Waals surface area contributed by atoms with Crippen LogP contribution in [0.15, 0.2) is 96.3 Å². The molecule has 0 bridgehead atoms. The minimum atomic E-state index is -0.233. The van der Waals surface area contributed by atoms with E-state index in [0.717, 1.165) is 45.5 Å². The van der Waals surface area contributed by atoms with Gasteiger partial charge in [-0.2, -0.15) is 4.58 Å². The van der Waals surface area contributed by atoms with E-state index in [-0.39, 0.29) is 17.0 Å². The van der Waals surface area contributed by atoms with E-state index in [9.17, 15) is 9.90 Å². The summed E-state index contributed by atoms with van der Waals surface area (Å²) in [5.74, 6) is -0.0415. The highest BCUT2D eigenvalue weighted by Crippen LogP contribution is 2.47. The molecule has 0 spiro atoms.